The highest BCUT2D eigenvalue weighted by Crippen LogP contribution is 2.35. The molecule has 2 aliphatic heterocycles. The standard InChI is InChI=1S/C16H21N3O5S/c1-10(24-11-4-5-13-14(7-11)23-9-22-13)15(20)18-19-16(25)17-8-12-3-2-6-21-12/h4-5,7,10,12H,2-3,6,8-9H2,1H3,(H,18,20)(H2,17,19,25). The quantitative estimate of drug-likeness (QED) is 0.522. The summed E-state index contributed by atoms with van der Waals surface area (Å²) < 4.78 is 21.6. The number of amides is 1. The first-order valence-electron chi connectivity index (χ1n) is 8.13. The number of hydrogen-bond donors (Lipinski definition) is 3. The molecular formula is C16H21N3O5S. The van der Waals surface area contributed by atoms with Crippen molar-refractivity contribution in [1.29, 1.82) is 0 Å². The molecule has 1 aromatic rings. The topological polar surface area (TPSA) is 90.1 Å². The number of rotatable bonds is 5. The van der Waals surface area contributed by atoms with Crippen LogP contribution in [0.3, 0.4) is 0 Å². The van der Waals surface area contributed by atoms with Gasteiger partial charge >= 0.3 is 0 Å². The van der Waals surface area contributed by atoms with E-state index in [0.29, 0.717) is 28.9 Å². The van der Waals surface area contributed by atoms with Crippen LogP contribution < -0.4 is 30.4 Å². The van der Waals surface area contributed by atoms with Crippen LogP contribution in [0.1, 0.15) is 19.8 Å². The number of hydrazine groups is 1. The fourth-order valence-corrected chi connectivity index (χ4v) is 2.62. The van der Waals surface area contributed by atoms with Gasteiger partial charge in [0.2, 0.25) is 6.79 Å². The van der Waals surface area contributed by atoms with Crippen molar-refractivity contribution < 1.29 is 23.7 Å². The molecule has 3 rings (SSSR count). The van der Waals surface area contributed by atoms with Gasteiger partial charge in [-0.3, -0.25) is 15.6 Å². The molecule has 1 aromatic carbocycles. The van der Waals surface area contributed by atoms with Crippen molar-refractivity contribution in [2.45, 2.75) is 32.0 Å². The highest BCUT2D eigenvalue weighted by Gasteiger charge is 2.19. The van der Waals surface area contributed by atoms with Crippen molar-refractivity contribution in [1.82, 2.24) is 16.2 Å². The number of fused-ring (bicyclic) bond motifs is 1. The van der Waals surface area contributed by atoms with E-state index in [2.05, 4.69) is 16.2 Å². The summed E-state index contributed by atoms with van der Waals surface area (Å²) in [6, 6.07) is 5.15. The van der Waals surface area contributed by atoms with Crippen molar-refractivity contribution in [3.8, 4) is 17.2 Å². The summed E-state index contributed by atoms with van der Waals surface area (Å²) in [5, 5.41) is 3.34. The average Bonchev–Trinajstić information content (AvgIpc) is 3.28. The van der Waals surface area contributed by atoms with E-state index in [9.17, 15) is 4.79 Å². The summed E-state index contributed by atoms with van der Waals surface area (Å²) in [6.07, 6.45) is 1.54. The number of hydrogen-bond acceptors (Lipinski definition) is 6. The van der Waals surface area contributed by atoms with Crippen LogP contribution in [0.25, 0.3) is 0 Å². The van der Waals surface area contributed by atoms with E-state index in [0.717, 1.165) is 19.4 Å². The van der Waals surface area contributed by atoms with E-state index in [1.54, 1.807) is 25.1 Å². The first-order chi connectivity index (χ1) is 12.1. The van der Waals surface area contributed by atoms with Gasteiger partial charge in [0.15, 0.2) is 22.7 Å². The molecular weight excluding hydrogens is 346 g/mol. The largest absolute Gasteiger partial charge is 0.481 e. The Bertz CT molecular complexity index is 636. The van der Waals surface area contributed by atoms with E-state index in [1.165, 1.54) is 0 Å². The number of nitrogens with one attached hydrogen (secondary N) is 3. The van der Waals surface area contributed by atoms with Gasteiger partial charge in [0.05, 0.1) is 6.10 Å². The summed E-state index contributed by atoms with van der Waals surface area (Å²) >= 11 is 5.11. The monoisotopic (exact) mass is 367 g/mol. The molecule has 25 heavy (non-hydrogen) atoms. The van der Waals surface area contributed by atoms with E-state index >= 15 is 0 Å². The maximum atomic E-state index is 12.1. The first-order valence-corrected chi connectivity index (χ1v) is 8.54. The molecule has 8 nitrogen and oxygen atoms in total. The lowest BCUT2D eigenvalue weighted by molar-refractivity contribution is -0.127. The molecule has 0 saturated carbocycles. The number of ether oxygens (including phenoxy) is 4. The lowest BCUT2D eigenvalue weighted by Gasteiger charge is -2.17. The Morgan fingerprint density at radius 3 is 3.00 bits per heavy atom. The van der Waals surface area contributed by atoms with Crippen molar-refractivity contribution in [3.63, 3.8) is 0 Å². The zero-order chi connectivity index (χ0) is 17.6. The van der Waals surface area contributed by atoms with Crippen LogP contribution >= 0.6 is 12.2 Å². The molecule has 1 fully saturated rings. The summed E-state index contributed by atoms with van der Waals surface area (Å²) in [5.41, 5.74) is 5.17. The van der Waals surface area contributed by atoms with Gasteiger partial charge in [-0.1, -0.05) is 0 Å². The molecule has 0 aliphatic carbocycles. The maximum Gasteiger partial charge on any atom is 0.279 e. The SMILES string of the molecule is CC(Oc1ccc2c(c1)OCO2)C(=O)NNC(=S)NCC1CCCO1. The molecule has 0 bridgehead atoms. The molecule has 1 amide bonds. The smallest absolute Gasteiger partial charge is 0.279 e. The zero-order valence-corrected chi connectivity index (χ0v) is 14.7. The first kappa shape index (κ1) is 17.6. The molecule has 2 unspecified atom stereocenters. The molecule has 1 saturated heterocycles. The van der Waals surface area contributed by atoms with Crippen LogP contribution in [0.4, 0.5) is 0 Å². The molecule has 3 N–H and O–H groups in total. The van der Waals surface area contributed by atoms with Gasteiger partial charge in [-0.25, -0.2) is 0 Å². The number of benzene rings is 1. The van der Waals surface area contributed by atoms with E-state index in [1.807, 2.05) is 0 Å². The third-order valence-electron chi connectivity index (χ3n) is 3.84. The third kappa shape index (κ3) is 4.86. The van der Waals surface area contributed by atoms with Crippen LogP contribution in [-0.4, -0.2) is 43.2 Å². The Kier molecular flexibility index (Phi) is 5.77. The molecule has 2 atom stereocenters. The van der Waals surface area contributed by atoms with Gasteiger partial charge in [-0.15, -0.1) is 0 Å². The van der Waals surface area contributed by atoms with Crippen molar-refractivity contribution >= 4 is 23.2 Å². The minimum atomic E-state index is -0.714. The molecule has 2 aliphatic rings. The van der Waals surface area contributed by atoms with Gasteiger partial charge in [-0.05, 0) is 44.1 Å². The van der Waals surface area contributed by atoms with Crippen LogP contribution in [0.5, 0.6) is 17.2 Å². The minimum Gasteiger partial charge on any atom is -0.481 e. The number of carbonyl (C=O) groups excluding carboxylic acids is 1. The Balaban J connectivity index is 1.39. The van der Waals surface area contributed by atoms with E-state index in [4.69, 9.17) is 31.2 Å². The second kappa shape index (κ2) is 8.21. The summed E-state index contributed by atoms with van der Waals surface area (Å²) in [7, 11) is 0. The highest BCUT2D eigenvalue weighted by atomic mass is 32.1. The van der Waals surface area contributed by atoms with Crippen LogP contribution in [-0.2, 0) is 9.53 Å². The normalized spacial score (nSPS) is 19.2. The Labute approximate surface area is 151 Å². The van der Waals surface area contributed by atoms with Crippen molar-refractivity contribution in [2.24, 2.45) is 0 Å². The third-order valence-corrected chi connectivity index (χ3v) is 4.09. The molecule has 0 radical (unpaired) electrons. The predicted octanol–water partition coefficient (Wildman–Crippen LogP) is 0.857. The van der Waals surface area contributed by atoms with Crippen molar-refractivity contribution in [2.75, 3.05) is 19.9 Å². The van der Waals surface area contributed by atoms with Gasteiger partial charge in [-0.2, -0.15) is 0 Å². The van der Waals surface area contributed by atoms with E-state index in [-0.39, 0.29) is 18.8 Å². The van der Waals surface area contributed by atoms with Crippen LogP contribution in [0.2, 0.25) is 0 Å². The molecule has 136 valence electrons. The summed E-state index contributed by atoms with van der Waals surface area (Å²) in [5.74, 6) is 1.43. The molecule has 2 heterocycles. The zero-order valence-electron chi connectivity index (χ0n) is 13.9. The fraction of sp³-hybridized carbons (Fsp3) is 0.500. The average molecular weight is 367 g/mol. The minimum absolute atomic E-state index is 0.170. The summed E-state index contributed by atoms with van der Waals surface area (Å²) in [6.45, 7) is 3.24. The van der Waals surface area contributed by atoms with Gasteiger partial charge in [0.25, 0.3) is 5.91 Å². The number of thiocarbonyl (C=S) groups is 1. The summed E-state index contributed by atoms with van der Waals surface area (Å²) in [4.78, 5) is 12.1. The maximum absolute atomic E-state index is 12.1. The lowest BCUT2D eigenvalue weighted by atomic mass is 10.2. The molecule has 0 aromatic heterocycles. The van der Waals surface area contributed by atoms with Crippen LogP contribution in [0.15, 0.2) is 18.2 Å². The fourth-order valence-electron chi connectivity index (χ4n) is 2.48. The Morgan fingerprint density at radius 2 is 2.20 bits per heavy atom. The highest BCUT2D eigenvalue weighted by molar-refractivity contribution is 7.80. The predicted molar refractivity (Wildman–Crippen MR) is 93.5 cm³/mol. The molecule has 9 heteroatoms. The second-order valence-corrected chi connectivity index (χ2v) is 6.14. The van der Waals surface area contributed by atoms with E-state index < -0.39 is 6.10 Å². The van der Waals surface area contributed by atoms with Crippen LogP contribution in [0, 0.1) is 0 Å². The van der Waals surface area contributed by atoms with Gasteiger partial charge < -0.3 is 24.3 Å². The lowest BCUT2D eigenvalue weighted by Crippen LogP contribution is -2.51. The number of carbonyl (C=O) groups is 1. The van der Waals surface area contributed by atoms with Gasteiger partial charge in [0.1, 0.15) is 5.75 Å². The van der Waals surface area contributed by atoms with Gasteiger partial charge in [0, 0.05) is 19.2 Å². The second-order valence-electron chi connectivity index (χ2n) is 5.73. The van der Waals surface area contributed by atoms with Crippen molar-refractivity contribution in [3.05, 3.63) is 18.2 Å². The Hall–Kier alpha value is -2.26. The Morgan fingerprint density at radius 1 is 1.36 bits per heavy atom. The molecule has 0 spiro atoms.